The molecule has 0 heterocycles. The quantitative estimate of drug-likeness (QED) is 0.808. The number of benzene rings is 1. The van der Waals surface area contributed by atoms with Gasteiger partial charge in [-0.1, -0.05) is 28.1 Å². The van der Waals surface area contributed by atoms with E-state index in [2.05, 4.69) is 40.2 Å². The number of anilines is 1. The largest absolute Gasteiger partial charge is 0.389 e. The maximum Gasteiger partial charge on any atom is 0.106 e. The number of thiocarbonyl (C=S) groups is 1. The number of nitrogens with two attached hydrogens (primary N) is 1. The van der Waals surface area contributed by atoms with Crippen LogP contribution in [-0.2, 0) is 0 Å². The minimum atomic E-state index is 0.274. The van der Waals surface area contributed by atoms with Crippen molar-refractivity contribution in [1.82, 2.24) is 4.90 Å². The third-order valence-corrected chi connectivity index (χ3v) is 4.80. The molecule has 1 saturated carbocycles. The Kier molecular flexibility index (Phi) is 4.48. The van der Waals surface area contributed by atoms with Crippen LogP contribution in [0.4, 0.5) is 5.69 Å². The van der Waals surface area contributed by atoms with Crippen LogP contribution in [0.5, 0.6) is 0 Å². The number of rotatable bonds is 5. The second-order valence-corrected chi connectivity index (χ2v) is 6.74. The topological polar surface area (TPSA) is 41.3 Å². The number of halogens is 1. The molecule has 0 spiro atoms. The molecule has 3 nitrogen and oxygen atoms in total. The highest BCUT2D eigenvalue weighted by atomic mass is 79.9. The molecule has 0 unspecified atom stereocenters. The van der Waals surface area contributed by atoms with Crippen LogP contribution in [0.3, 0.4) is 0 Å². The fraction of sp³-hybridized carbons (Fsp3) is 0.500. The molecular formula is C14H20BrN3S. The van der Waals surface area contributed by atoms with E-state index >= 15 is 0 Å². The summed E-state index contributed by atoms with van der Waals surface area (Å²) in [4.78, 5) is 2.75. The van der Waals surface area contributed by atoms with Gasteiger partial charge in [-0.05, 0) is 51.6 Å². The van der Waals surface area contributed by atoms with Crippen molar-refractivity contribution in [3.63, 3.8) is 0 Å². The first-order valence-corrected chi connectivity index (χ1v) is 7.65. The van der Waals surface area contributed by atoms with Crippen molar-refractivity contribution >= 4 is 38.8 Å². The van der Waals surface area contributed by atoms with E-state index in [0.717, 1.165) is 22.3 Å². The summed E-state index contributed by atoms with van der Waals surface area (Å²) in [6.07, 6.45) is 3.79. The summed E-state index contributed by atoms with van der Waals surface area (Å²) in [7, 11) is 4.30. The first-order valence-electron chi connectivity index (χ1n) is 6.45. The number of nitrogens with zero attached hydrogens (tertiary/aromatic N) is 1. The summed E-state index contributed by atoms with van der Waals surface area (Å²) in [5.41, 5.74) is 7.97. The van der Waals surface area contributed by atoms with Gasteiger partial charge in [-0.15, -0.1) is 0 Å². The van der Waals surface area contributed by atoms with Gasteiger partial charge in [0.15, 0.2) is 0 Å². The molecule has 0 amide bonds. The van der Waals surface area contributed by atoms with Crippen molar-refractivity contribution in [3.8, 4) is 0 Å². The first kappa shape index (κ1) is 14.8. The van der Waals surface area contributed by atoms with E-state index in [0.29, 0.717) is 4.99 Å². The maximum atomic E-state index is 5.78. The van der Waals surface area contributed by atoms with Crippen molar-refractivity contribution in [2.45, 2.75) is 24.8 Å². The Morgan fingerprint density at radius 1 is 1.47 bits per heavy atom. The van der Waals surface area contributed by atoms with Crippen LogP contribution >= 0.6 is 28.1 Å². The van der Waals surface area contributed by atoms with Gasteiger partial charge in [0.1, 0.15) is 4.99 Å². The molecule has 1 aliphatic rings. The Morgan fingerprint density at radius 3 is 2.63 bits per heavy atom. The van der Waals surface area contributed by atoms with Crippen LogP contribution in [-0.4, -0.2) is 36.1 Å². The van der Waals surface area contributed by atoms with E-state index in [4.69, 9.17) is 18.0 Å². The lowest BCUT2D eigenvalue weighted by Crippen LogP contribution is -2.54. The normalized spacial score (nSPS) is 17.1. The molecule has 0 saturated heterocycles. The van der Waals surface area contributed by atoms with Crippen molar-refractivity contribution in [1.29, 1.82) is 0 Å². The molecule has 19 heavy (non-hydrogen) atoms. The SMILES string of the molecule is CN(C)C1(CNc2cc(Br)ccc2C(N)=S)CCC1. The van der Waals surface area contributed by atoms with Crippen LogP contribution < -0.4 is 11.1 Å². The Morgan fingerprint density at radius 2 is 2.16 bits per heavy atom. The summed E-state index contributed by atoms with van der Waals surface area (Å²) >= 11 is 8.60. The Hall–Kier alpha value is -0.650. The fourth-order valence-electron chi connectivity index (χ4n) is 2.50. The van der Waals surface area contributed by atoms with Crippen LogP contribution in [0.2, 0.25) is 0 Å². The summed E-state index contributed by atoms with van der Waals surface area (Å²) in [6.45, 7) is 0.923. The molecule has 1 aromatic carbocycles. The average Bonchev–Trinajstić information content (AvgIpc) is 2.26. The van der Waals surface area contributed by atoms with Gasteiger partial charge in [0.25, 0.3) is 0 Å². The third-order valence-electron chi connectivity index (χ3n) is 4.09. The Balaban J connectivity index is 2.15. The van der Waals surface area contributed by atoms with Crippen LogP contribution in [0.25, 0.3) is 0 Å². The third kappa shape index (κ3) is 3.09. The van der Waals surface area contributed by atoms with Gasteiger partial charge < -0.3 is 16.0 Å². The Labute approximate surface area is 128 Å². The van der Waals surface area contributed by atoms with Crippen LogP contribution in [0.1, 0.15) is 24.8 Å². The molecule has 1 aromatic rings. The zero-order chi connectivity index (χ0) is 14.0. The zero-order valence-corrected chi connectivity index (χ0v) is 13.8. The number of likely N-dealkylation sites (N-methyl/N-ethyl adjacent to an activating group) is 1. The van der Waals surface area contributed by atoms with Gasteiger partial charge in [-0.3, -0.25) is 0 Å². The second kappa shape index (κ2) is 5.77. The van der Waals surface area contributed by atoms with Crippen molar-refractivity contribution < 1.29 is 0 Å². The number of nitrogens with one attached hydrogen (secondary N) is 1. The lowest BCUT2D eigenvalue weighted by Gasteiger charge is -2.47. The minimum absolute atomic E-state index is 0.274. The van der Waals surface area contributed by atoms with E-state index in [1.54, 1.807) is 0 Å². The average molecular weight is 342 g/mol. The van der Waals surface area contributed by atoms with E-state index in [1.807, 2.05) is 18.2 Å². The van der Waals surface area contributed by atoms with E-state index in [9.17, 15) is 0 Å². The van der Waals surface area contributed by atoms with Crippen molar-refractivity contribution in [3.05, 3.63) is 28.2 Å². The van der Waals surface area contributed by atoms with Gasteiger partial charge in [0.2, 0.25) is 0 Å². The number of hydrogen-bond acceptors (Lipinski definition) is 3. The summed E-state index contributed by atoms with van der Waals surface area (Å²) in [5.74, 6) is 0. The molecule has 0 atom stereocenters. The molecule has 5 heteroatoms. The van der Waals surface area contributed by atoms with Gasteiger partial charge in [-0.25, -0.2) is 0 Å². The highest BCUT2D eigenvalue weighted by Crippen LogP contribution is 2.36. The van der Waals surface area contributed by atoms with E-state index < -0.39 is 0 Å². The van der Waals surface area contributed by atoms with E-state index in [-0.39, 0.29) is 5.54 Å². The van der Waals surface area contributed by atoms with Crippen LogP contribution in [0, 0.1) is 0 Å². The molecule has 2 rings (SSSR count). The van der Waals surface area contributed by atoms with Gasteiger partial charge in [0.05, 0.1) is 0 Å². The Bertz CT molecular complexity index is 484. The van der Waals surface area contributed by atoms with Crippen molar-refractivity contribution in [2.24, 2.45) is 5.73 Å². The molecule has 0 bridgehead atoms. The standard InChI is InChI=1S/C14H20BrN3S/c1-18(2)14(6-3-7-14)9-17-12-8-10(15)4-5-11(12)13(16)19/h4-5,8,17H,3,6-7,9H2,1-2H3,(H2,16,19). The van der Waals surface area contributed by atoms with Crippen LogP contribution in [0.15, 0.2) is 22.7 Å². The predicted octanol–water partition coefficient (Wildman–Crippen LogP) is 2.98. The first-order chi connectivity index (χ1) is 8.94. The lowest BCUT2D eigenvalue weighted by molar-refractivity contribution is 0.0739. The smallest absolute Gasteiger partial charge is 0.106 e. The van der Waals surface area contributed by atoms with Gasteiger partial charge in [-0.2, -0.15) is 0 Å². The molecular weight excluding hydrogens is 322 g/mol. The fourth-order valence-corrected chi connectivity index (χ4v) is 3.04. The van der Waals surface area contributed by atoms with Gasteiger partial charge in [0, 0.05) is 27.8 Å². The van der Waals surface area contributed by atoms with E-state index in [1.165, 1.54) is 19.3 Å². The predicted molar refractivity (Wildman–Crippen MR) is 88.8 cm³/mol. The van der Waals surface area contributed by atoms with Crippen molar-refractivity contribution in [2.75, 3.05) is 26.0 Å². The number of hydrogen-bond donors (Lipinski definition) is 2. The highest BCUT2D eigenvalue weighted by Gasteiger charge is 2.38. The molecule has 3 N–H and O–H groups in total. The minimum Gasteiger partial charge on any atom is -0.389 e. The second-order valence-electron chi connectivity index (χ2n) is 5.38. The monoisotopic (exact) mass is 341 g/mol. The summed E-state index contributed by atoms with van der Waals surface area (Å²) < 4.78 is 1.03. The molecule has 1 aliphatic carbocycles. The lowest BCUT2D eigenvalue weighted by atomic mass is 9.75. The zero-order valence-electron chi connectivity index (χ0n) is 11.4. The maximum absolute atomic E-state index is 5.78. The molecule has 0 radical (unpaired) electrons. The van der Waals surface area contributed by atoms with Gasteiger partial charge >= 0.3 is 0 Å². The molecule has 1 fully saturated rings. The molecule has 104 valence electrons. The molecule has 0 aliphatic heterocycles. The summed E-state index contributed by atoms with van der Waals surface area (Å²) in [5, 5.41) is 3.52. The highest BCUT2D eigenvalue weighted by molar-refractivity contribution is 9.10. The molecule has 0 aromatic heterocycles. The summed E-state index contributed by atoms with van der Waals surface area (Å²) in [6, 6.07) is 5.96.